The molecule has 0 aliphatic rings. The summed E-state index contributed by atoms with van der Waals surface area (Å²) in [5, 5.41) is 5.13. The van der Waals surface area contributed by atoms with E-state index >= 15 is 0 Å². The highest BCUT2D eigenvalue weighted by atomic mass is 16.5. The molecule has 2 amide bonds. The van der Waals surface area contributed by atoms with Gasteiger partial charge in [-0.25, -0.2) is 0 Å². The number of esters is 1. The van der Waals surface area contributed by atoms with Crippen molar-refractivity contribution in [3.8, 4) is 0 Å². The fourth-order valence-electron chi connectivity index (χ4n) is 2.54. The molecule has 2 rings (SSSR count). The highest BCUT2D eigenvalue weighted by Gasteiger charge is 2.21. The molecule has 0 unspecified atom stereocenters. The molecule has 2 N–H and O–H groups in total. The molecule has 6 heteroatoms. The summed E-state index contributed by atoms with van der Waals surface area (Å²) in [6, 6.07) is 15.8. The quantitative estimate of drug-likeness (QED) is 0.749. The zero-order chi connectivity index (χ0) is 18.9. The molecule has 0 aromatic heterocycles. The highest BCUT2D eigenvalue weighted by Crippen LogP contribution is 2.20. The number of carbonyl (C=O) groups is 3. The summed E-state index contributed by atoms with van der Waals surface area (Å²) in [6.07, 6.45) is 0.582. The third-order valence-electron chi connectivity index (χ3n) is 3.88. The molecule has 2 aromatic carbocycles. The van der Waals surface area contributed by atoms with E-state index < -0.39 is 17.8 Å². The van der Waals surface area contributed by atoms with Gasteiger partial charge in [0.2, 0.25) is 0 Å². The summed E-state index contributed by atoms with van der Waals surface area (Å²) < 4.78 is 5.15. The number of carbonyl (C=O) groups excluding carboxylic acids is 3. The minimum absolute atomic E-state index is 0.249. The van der Waals surface area contributed by atoms with Crippen LogP contribution in [-0.4, -0.2) is 31.4 Å². The second-order valence-electron chi connectivity index (χ2n) is 5.69. The predicted molar refractivity (Wildman–Crippen MR) is 98.9 cm³/mol. The van der Waals surface area contributed by atoms with Crippen molar-refractivity contribution in [1.82, 2.24) is 5.32 Å². The molecule has 1 atom stereocenters. The zero-order valence-corrected chi connectivity index (χ0v) is 14.8. The van der Waals surface area contributed by atoms with Gasteiger partial charge in [0.25, 0.3) is 11.8 Å². The Morgan fingerprint density at radius 3 is 2.42 bits per heavy atom. The molecule has 0 spiro atoms. The number of hydrogen-bond acceptors (Lipinski definition) is 4. The van der Waals surface area contributed by atoms with E-state index in [2.05, 4.69) is 10.6 Å². The third kappa shape index (κ3) is 5.17. The lowest BCUT2D eigenvalue weighted by Crippen LogP contribution is -2.24. The summed E-state index contributed by atoms with van der Waals surface area (Å²) in [6.45, 7) is 1.51. The van der Waals surface area contributed by atoms with E-state index in [0.717, 1.165) is 5.56 Å². The summed E-state index contributed by atoms with van der Waals surface area (Å²) in [5.41, 5.74) is 1.75. The number of amides is 2. The monoisotopic (exact) mass is 354 g/mol. The molecule has 136 valence electrons. The summed E-state index contributed by atoms with van der Waals surface area (Å²) in [5.74, 6) is -1.55. The minimum Gasteiger partial charge on any atom is -0.455 e. The molecular formula is C20H22N2O4. The second kappa shape index (κ2) is 9.36. The van der Waals surface area contributed by atoms with Crippen molar-refractivity contribution in [2.24, 2.45) is 0 Å². The van der Waals surface area contributed by atoms with Crippen molar-refractivity contribution in [1.29, 1.82) is 0 Å². The first-order valence-corrected chi connectivity index (χ1v) is 8.38. The topological polar surface area (TPSA) is 84.5 Å². The van der Waals surface area contributed by atoms with E-state index in [9.17, 15) is 14.4 Å². The molecule has 0 saturated carbocycles. The van der Waals surface area contributed by atoms with E-state index in [1.165, 1.54) is 7.05 Å². The standard InChI is InChI=1S/C20H22N2O4/c1-3-17(14-8-5-4-6-9-14)20(25)26-13-18(23)22-16-11-7-10-15(12-16)19(24)21-2/h4-12,17H,3,13H2,1-2H3,(H,21,24)(H,22,23)/t17-/m1/s1. The van der Waals surface area contributed by atoms with Gasteiger partial charge in [0, 0.05) is 18.3 Å². The van der Waals surface area contributed by atoms with Crippen LogP contribution >= 0.6 is 0 Å². The van der Waals surface area contributed by atoms with Crippen molar-refractivity contribution in [3.05, 3.63) is 65.7 Å². The van der Waals surface area contributed by atoms with Crippen LogP contribution in [0.1, 0.15) is 35.2 Å². The first kappa shape index (κ1) is 19.2. The number of anilines is 1. The van der Waals surface area contributed by atoms with Crippen LogP contribution < -0.4 is 10.6 Å². The van der Waals surface area contributed by atoms with Crippen molar-refractivity contribution in [3.63, 3.8) is 0 Å². The Bertz CT molecular complexity index is 774. The van der Waals surface area contributed by atoms with Gasteiger partial charge in [-0.3, -0.25) is 14.4 Å². The van der Waals surface area contributed by atoms with Crippen LogP contribution in [0.4, 0.5) is 5.69 Å². The Hall–Kier alpha value is -3.15. The molecule has 0 aliphatic carbocycles. The largest absolute Gasteiger partial charge is 0.455 e. The normalized spacial score (nSPS) is 11.3. The minimum atomic E-state index is -0.463. The number of benzene rings is 2. The van der Waals surface area contributed by atoms with Gasteiger partial charge >= 0.3 is 5.97 Å². The molecule has 0 aliphatic heterocycles. The smallest absolute Gasteiger partial charge is 0.313 e. The van der Waals surface area contributed by atoms with Crippen LogP contribution in [0.3, 0.4) is 0 Å². The Labute approximate surface area is 152 Å². The number of ether oxygens (including phenoxy) is 1. The van der Waals surface area contributed by atoms with Crippen molar-refractivity contribution in [2.75, 3.05) is 19.0 Å². The number of hydrogen-bond donors (Lipinski definition) is 2. The maximum atomic E-state index is 12.3. The second-order valence-corrected chi connectivity index (χ2v) is 5.69. The molecular weight excluding hydrogens is 332 g/mol. The van der Waals surface area contributed by atoms with Crippen LogP contribution in [0.5, 0.6) is 0 Å². The lowest BCUT2D eigenvalue weighted by Gasteiger charge is -2.14. The van der Waals surface area contributed by atoms with Gasteiger partial charge < -0.3 is 15.4 Å². The van der Waals surface area contributed by atoms with E-state index in [4.69, 9.17) is 4.74 Å². The van der Waals surface area contributed by atoms with Crippen LogP contribution in [0, 0.1) is 0 Å². The Balaban J connectivity index is 1.92. The van der Waals surface area contributed by atoms with Gasteiger partial charge in [-0.2, -0.15) is 0 Å². The summed E-state index contributed by atoms with van der Waals surface area (Å²) in [7, 11) is 1.53. The van der Waals surface area contributed by atoms with Crippen LogP contribution in [0.25, 0.3) is 0 Å². The molecule has 6 nitrogen and oxygen atoms in total. The van der Waals surface area contributed by atoms with Crippen molar-refractivity contribution in [2.45, 2.75) is 19.3 Å². The third-order valence-corrected chi connectivity index (χ3v) is 3.88. The molecule has 0 bridgehead atoms. The molecule has 0 fully saturated rings. The van der Waals surface area contributed by atoms with Crippen molar-refractivity contribution < 1.29 is 19.1 Å². The molecule has 2 aromatic rings. The highest BCUT2D eigenvalue weighted by molar-refractivity contribution is 5.97. The Kier molecular flexibility index (Phi) is 6.91. The van der Waals surface area contributed by atoms with Crippen LogP contribution in [0.2, 0.25) is 0 Å². The average molecular weight is 354 g/mol. The van der Waals surface area contributed by atoms with Gasteiger partial charge in [-0.05, 0) is 30.2 Å². The van der Waals surface area contributed by atoms with Crippen LogP contribution in [0.15, 0.2) is 54.6 Å². The summed E-state index contributed by atoms with van der Waals surface area (Å²) in [4.78, 5) is 35.9. The Morgan fingerprint density at radius 1 is 1.04 bits per heavy atom. The van der Waals surface area contributed by atoms with Gasteiger partial charge in [0.05, 0.1) is 5.92 Å². The number of nitrogens with one attached hydrogen (secondary N) is 2. The van der Waals surface area contributed by atoms with Gasteiger partial charge in [-0.15, -0.1) is 0 Å². The first-order valence-electron chi connectivity index (χ1n) is 8.38. The number of rotatable bonds is 7. The van der Waals surface area contributed by atoms with Gasteiger partial charge in [0.15, 0.2) is 6.61 Å². The van der Waals surface area contributed by atoms with Gasteiger partial charge in [0.1, 0.15) is 0 Å². The molecule has 0 heterocycles. The van der Waals surface area contributed by atoms with Gasteiger partial charge in [-0.1, -0.05) is 43.3 Å². The van der Waals surface area contributed by atoms with Crippen molar-refractivity contribution >= 4 is 23.5 Å². The molecule has 0 saturated heterocycles. The van der Waals surface area contributed by atoms with E-state index in [0.29, 0.717) is 17.7 Å². The maximum Gasteiger partial charge on any atom is 0.313 e. The zero-order valence-electron chi connectivity index (χ0n) is 14.8. The van der Waals surface area contributed by atoms with E-state index in [1.54, 1.807) is 24.3 Å². The van der Waals surface area contributed by atoms with Crippen LogP contribution in [-0.2, 0) is 14.3 Å². The first-order chi connectivity index (χ1) is 12.5. The SMILES string of the molecule is CC[C@@H](C(=O)OCC(=O)Nc1cccc(C(=O)NC)c1)c1ccccc1. The van der Waals surface area contributed by atoms with E-state index in [1.807, 2.05) is 37.3 Å². The fraction of sp³-hybridized carbons (Fsp3) is 0.250. The predicted octanol–water partition coefficient (Wildman–Crippen LogP) is 2.72. The fourth-order valence-corrected chi connectivity index (χ4v) is 2.54. The average Bonchev–Trinajstić information content (AvgIpc) is 2.67. The van der Waals surface area contributed by atoms with E-state index in [-0.39, 0.29) is 12.5 Å². The lowest BCUT2D eigenvalue weighted by molar-refractivity contribution is -0.149. The lowest BCUT2D eigenvalue weighted by atomic mass is 9.97. The molecule has 26 heavy (non-hydrogen) atoms. The summed E-state index contributed by atoms with van der Waals surface area (Å²) >= 11 is 0. The maximum absolute atomic E-state index is 12.3. The Morgan fingerprint density at radius 2 is 1.77 bits per heavy atom. The molecule has 0 radical (unpaired) electrons.